The Morgan fingerprint density at radius 2 is 1.87 bits per heavy atom. The fraction of sp³-hybridized carbons (Fsp3) is 0.0909. The van der Waals surface area contributed by atoms with E-state index < -0.39 is 10.0 Å². The highest BCUT2D eigenvalue weighted by Crippen LogP contribution is 2.38. The maximum Gasteiger partial charge on any atom is 0.238 e. The highest BCUT2D eigenvalue weighted by molar-refractivity contribution is 7.89. The van der Waals surface area contributed by atoms with E-state index in [0.717, 1.165) is 22.7 Å². The molecule has 9 heteroatoms. The second kappa shape index (κ2) is 8.84. The minimum atomic E-state index is -3.79. The summed E-state index contributed by atoms with van der Waals surface area (Å²) in [6.07, 6.45) is 2.43. The topological polar surface area (TPSA) is 107 Å². The summed E-state index contributed by atoms with van der Waals surface area (Å²) in [4.78, 5) is 9.02. The number of rotatable bonds is 7. The van der Waals surface area contributed by atoms with E-state index in [2.05, 4.69) is 17.2 Å². The molecule has 3 N–H and O–H groups in total. The first kappa shape index (κ1) is 21.0. The van der Waals surface area contributed by atoms with Gasteiger partial charge in [0, 0.05) is 23.5 Å². The summed E-state index contributed by atoms with van der Waals surface area (Å²) < 4.78 is 29.3. The summed E-state index contributed by atoms with van der Waals surface area (Å²) in [5.41, 5.74) is 2.34. The number of aryl methyl sites for hydroxylation is 1. The van der Waals surface area contributed by atoms with Crippen molar-refractivity contribution in [2.24, 2.45) is 5.14 Å². The van der Waals surface area contributed by atoms with Crippen LogP contribution in [0.2, 0.25) is 0 Å². The van der Waals surface area contributed by atoms with E-state index in [1.165, 1.54) is 23.5 Å². The molecule has 0 radical (unpaired) electrons. The van der Waals surface area contributed by atoms with Gasteiger partial charge in [0.15, 0.2) is 0 Å². The summed E-state index contributed by atoms with van der Waals surface area (Å²) in [7, 11) is -3.79. The van der Waals surface area contributed by atoms with Crippen LogP contribution in [0.5, 0.6) is 10.8 Å². The van der Waals surface area contributed by atoms with Gasteiger partial charge in [-0.05, 0) is 30.7 Å². The summed E-state index contributed by atoms with van der Waals surface area (Å²) >= 11 is 1.51. The predicted octanol–water partition coefficient (Wildman–Crippen LogP) is 4.95. The molecule has 0 atom stereocenters. The van der Waals surface area contributed by atoms with Crippen molar-refractivity contribution in [1.29, 1.82) is 0 Å². The number of sulfonamides is 1. The molecule has 0 saturated carbocycles. The van der Waals surface area contributed by atoms with Crippen LogP contribution >= 0.6 is 11.3 Å². The van der Waals surface area contributed by atoms with Crippen LogP contribution in [0.3, 0.4) is 0 Å². The number of nitrogens with one attached hydrogen (secondary N) is 1. The number of aromatic nitrogens is 2. The number of hydrogen-bond acceptors (Lipinski definition) is 7. The average molecular weight is 453 g/mol. The molecule has 158 valence electrons. The Hall–Kier alpha value is -3.27. The zero-order valence-corrected chi connectivity index (χ0v) is 18.3. The first-order valence-electron chi connectivity index (χ1n) is 9.51. The Kier molecular flexibility index (Phi) is 5.99. The summed E-state index contributed by atoms with van der Waals surface area (Å²) in [6, 6.07) is 19.6. The quantitative estimate of drug-likeness (QED) is 0.411. The minimum Gasteiger partial charge on any atom is -0.444 e. The van der Waals surface area contributed by atoms with E-state index in [0.29, 0.717) is 22.3 Å². The van der Waals surface area contributed by atoms with Crippen molar-refractivity contribution in [3.05, 3.63) is 77.9 Å². The Morgan fingerprint density at radius 1 is 1.06 bits per heavy atom. The van der Waals surface area contributed by atoms with Crippen LogP contribution < -0.4 is 15.2 Å². The van der Waals surface area contributed by atoms with Gasteiger partial charge in [-0.15, -0.1) is 0 Å². The molecule has 0 bridgehead atoms. The Bertz CT molecular complexity index is 1310. The molecule has 7 nitrogen and oxygen atoms in total. The van der Waals surface area contributed by atoms with Gasteiger partial charge in [-0.3, -0.25) is 0 Å². The van der Waals surface area contributed by atoms with E-state index >= 15 is 0 Å². The van der Waals surface area contributed by atoms with Crippen LogP contribution in [-0.2, 0) is 16.4 Å². The van der Waals surface area contributed by atoms with Gasteiger partial charge in [0.1, 0.15) is 17.3 Å². The second-order valence-electron chi connectivity index (χ2n) is 6.64. The van der Waals surface area contributed by atoms with Crippen molar-refractivity contribution < 1.29 is 13.2 Å². The van der Waals surface area contributed by atoms with E-state index in [4.69, 9.17) is 14.9 Å². The van der Waals surface area contributed by atoms with E-state index in [-0.39, 0.29) is 4.90 Å². The highest BCUT2D eigenvalue weighted by atomic mass is 32.2. The third-order valence-electron chi connectivity index (χ3n) is 4.37. The van der Waals surface area contributed by atoms with Gasteiger partial charge in [-0.1, -0.05) is 54.7 Å². The summed E-state index contributed by atoms with van der Waals surface area (Å²) in [5.74, 6) is 1.09. The third-order valence-corrected chi connectivity index (χ3v) is 6.36. The predicted molar refractivity (Wildman–Crippen MR) is 122 cm³/mol. The molecule has 0 spiro atoms. The molecule has 2 heterocycles. The molecule has 4 aromatic rings. The largest absolute Gasteiger partial charge is 0.444 e. The SMILES string of the molecule is CCc1nc(-c2ccccc2)c(Oc2ccnc(Nc3cccc(S(N)(=O)=O)c3)c2)s1. The van der Waals surface area contributed by atoms with Crippen LogP contribution in [0.15, 0.2) is 77.8 Å². The lowest BCUT2D eigenvalue weighted by Crippen LogP contribution is -2.12. The number of primary sulfonamides is 1. The molecule has 0 amide bonds. The number of thiazole rings is 1. The standard InChI is InChI=1S/C22H20N4O3S2/c1-2-20-26-21(15-7-4-3-5-8-15)22(30-20)29-17-11-12-24-19(14-17)25-16-9-6-10-18(13-16)31(23,27)28/h3-14H,2H2,1H3,(H,24,25)(H2,23,27,28). The van der Waals surface area contributed by atoms with Gasteiger partial charge in [-0.2, -0.15) is 0 Å². The van der Waals surface area contributed by atoms with Crippen molar-refractivity contribution in [2.45, 2.75) is 18.2 Å². The molecule has 0 aliphatic heterocycles. The first-order chi connectivity index (χ1) is 14.9. The van der Waals surface area contributed by atoms with Gasteiger partial charge in [0.2, 0.25) is 15.1 Å². The van der Waals surface area contributed by atoms with E-state index in [1.54, 1.807) is 30.5 Å². The number of ether oxygens (including phenoxy) is 1. The van der Waals surface area contributed by atoms with Gasteiger partial charge in [0.05, 0.1) is 9.90 Å². The van der Waals surface area contributed by atoms with Gasteiger partial charge in [-0.25, -0.2) is 23.5 Å². The fourth-order valence-corrected chi connectivity index (χ4v) is 4.35. The lowest BCUT2D eigenvalue weighted by molar-refractivity contribution is 0.496. The molecule has 2 aromatic heterocycles. The Morgan fingerprint density at radius 3 is 2.61 bits per heavy atom. The normalized spacial score (nSPS) is 11.3. The molecule has 2 aromatic carbocycles. The molecule has 0 saturated heterocycles. The maximum atomic E-state index is 11.6. The smallest absolute Gasteiger partial charge is 0.238 e. The molecular weight excluding hydrogens is 432 g/mol. The lowest BCUT2D eigenvalue weighted by Gasteiger charge is -2.09. The van der Waals surface area contributed by atoms with Crippen molar-refractivity contribution in [1.82, 2.24) is 9.97 Å². The monoisotopic (exact) mass is 452 g/mol. The number of hydrogen-bond donors (Lipinski definition) is 2. The van der Waals surface area contributed by atoms with Crippen LogP contribution in [-0.4, -0.2) is 18.4 Å². The maximum absolute atomic E-state index is 11.6. The van der Waals surface area contributed by atoms with Crippen LogP contribution in [0.4, 0.5) is 11.5 Å². The van der Waals surface area contributed by atoms with Gasteiger partial charge >= 0.3 is 0 Å². The van der Waals surface area contributed by atoms with Crippen LogP contribution in [0, 0.1) is 0 Å². The number of nitrogens with two attached hydrogens (primary N) is 1. The van der Waals surface area contributed by atoms with Crippen molar-refractivity contribution >= 4 is 32.9 Å². The number of nitrogens with zero attached hydrogens (tertiary/aromatic N) is 2. The molecule has 0 aliphatic rings. The molecular formula is C22H20N4O3S2. The van der Waals surface area contributed by atoms with Crippen LogP contribution in [0.25, 0.3) is 11.3 Å². The summed E-state index contributed by atoms with van der Waals surface area (Å²) in [5, 5.41) is 9.98. The van der Waals surface area contributed by atoms with Crippen molar-refractivity contribution in [3.63, 3.8) is 0 Å². The van der Waals surface area contributed by atoms with Gasteiger partial charge in [0.25, 0.3) is 0 Å². The summed E-state index contributed by atoms with van der Waals surface area (Å²) in [6.45, 7) is 2.06. The molecule has 0 unspecified atom stereocenters. The second-order valence-corrected chi connectivity index (χ2v) is 9.25. The fourth-order valence-electron chi connectivity index (χ4n) is 2.90. The van der Waals surface area contributed by atoms with E-state index in [1.807, 2.05) is 30.3 Å². The Labute approximate surface area is 184 Å². The third kappa shape index (κ3) is 5.08. The molecule has 4 rings (SSSR count). The number of anilines is 2. The van der Waals surface area contributed by atoms with Crippen molar-refractivity contribution in [3.8, 4) is 22.1 Å². The molecule has 0 aliphatic carbocycles. The lowest BCUT2D eigenvalue weighted by atomic mass is 10.2. The first-order valence-corrected chi connectivity index (χ1v) is 11.9. The van der Waals surface area contributed by atoms with Gasteiger partial charge < -0.3 is 10.1 Å². The number of benzene rings is 2. The van der Waals surface area contributed by atoms with Crippen molar-refractivity contribution in [2.75, 3.05) is 5.32 Å². The zero-order valence-electron chi connectivity index (χ0n) is 16.6. The Balaban J connectivity index is 1.60. The number of pyridine rings is 1. The highest BCUT2D eigenvalue weighted by Gasteiger charge is 2.15. The molecule has 0 fully saturated rings. The van der Waals surface area contributed by atoms with Crippen LogP contribution in [0.1, 0.15) is 11.9 Å². The van der Waals surface area contributed by atoms with E-state index in [9.17, 15) is 8.42 Å². The zero-order chi connectivity index (χ0) is 21.8. The molecule has 31 heavy (non-hydrogen) atoms. The average Bonchev–Trinajstić information content (AvgIpc) is 3.17. The minimum absolute atomic E-state index is 0.0224.